The molecule has 1 atom stereocenters. The quantitative estimate of drug-likeness (QED) is 0.770. The molecule has 1 aromatic carbocycles. The van der Waals surface area contributed by atoms with Gasteiger partial charge in [0.05, 0.1) is 17.1 Å². The normalized spacial score (nSPS) is 18.0. The van der Waals surface area contributed by atoms with Gasteiger partial charge in [0.2, 0.25) is 5.91 Å². The van der Waals surface area contributed by atoms with Crippen molar-refractivity contribution in [3.8, 4) is 0 Å². The lowest BCUT2D eigenvalue weighted by molar-refractivity contribution is -0.141. The van der Waals surface area contributed by atoms with Crippen LogP contribution in [-0.4, -0.2) is 46.2 Å². The number of para-hydroxylation sites is 2. The van der Waals surface area contributed by atoms with E-state index in [1.54, 1.807) is 31.2 Å². The number of amides is 1. The molecule has 2 heterocycles. The van der Waals surface area contributed by atoms with E-state index in [0.717, 1.165) is 4.57 Å². The average Bonchev–Trinajstić information content (AvgIpc) is 3.05. The number of hydrogen-bond donors (Lipinski definition) is 1. The van der Waals surface area contributed by atoms with Crippen molar-refractivity contribution < 1.29 is 26.7 Å². The molecule has 10 heteroatoms. The summed E-state index contributed by atoms with van der Waals surface area (Å²) >= 11 is 0. The molecule has 0 aliphatic carbocycles. The molecular weight excluding hydrogens is 383 g/mol. The lowest BCUT2D eigenvalue weighted by Gasteiger charge is -2.35. The summed E-state index contributed by atoms with van der Waals surface area (Å²) in [5.41, 5.74) is 0.826. The van der Waals surface area contributed by atoms with Crippen molar-refractivity contribution in [2.24, 2.45) is 5.92 Å². The first kappa shape index (κ1) is 20.5. The first-order chi connectivity index (χ1) is 13.2. The number of aromatic nitrogens is 2. The second kappa shape index (κ2) is 8.02. The number of benzene rings is 1. The zero-order valence-electron chi connectivity index (χ0n) is 15.2. The third kappa shape index (κ3) is 4.43. The molecule has 0 radical (unpaired) electrons. The SMILES string of the molecule is C[C@@H](c1nc2ccccc2n1C(F)F)N1CCC(C(=O)NCC(F)(F)F)CC1. The van der Waals surface area contributed by atoms with Crippen LogP contribution in [0.15, 0.2) is 24.3 Å². The first-order valence-corrected chi connectivity index (χ1v) is 9.01. The second-order valence-corrected chi connectivity index (χ2v) is 6.93. The van der Waals surface area contributed by atoms with Crippen LogP contribution < -0.4 is 5.32 Å². The number of fused-ring (bicyclic) bond motifs is 1. The Balaban J connectivity index is 1.67. The summed E-state index contributed by atoms with van der Waals surface area (Å²) in [4.78, 5) is 18.2. The van der Waals surface area contributed by atoms with Gasteiger partial charge in [0, 0.05) is 5.92 Å². The average molecular weight is 404 g/mol. The molecule has 2 aromatic rings. The van der Waals surface area contributed by atoms with Gasteiger partial charge in [0.1, 0.15) is 12.4 Å². The van der Waals surface area contributed by atoms with Crippen molar-refractivity contribution >= 4 is 16.9 Å². The van der Waals surface area contributed by atoms with Crippen LogP contribution in [0.5, 0.6) is 0 Å². The van der Waals surface area contributed by atoms with Gasteiger partial charge >= 0.3 is 12.7 Å². The number of hydrogen-bond acceptors (Lipinski definition) is 3. The van der Waals surface area contributed by atoms with Crippen LogP contribution in [0.3, 0.4) is 0 Å². The van der Waals surface area contributed by atoms with Crippen molar-refractivity contribution in [3.63, 3.8) is 0 Å². The molecular formula is C18H21F5N4O. The molecule has 1 aliphatic heterocycles. The minimum absolute atomic E-state index is 0.233. The fraction of sp³-hybridized carbons (Fsp3) is 0.556. The van der Waals surface area contributed by atoms with Crippen LogP contribution in [0, 0.1) is 5.92 Å². The molecule has 1 N–H and O–H groups in total. The number of alkyl halides is 5. The molecule has 1 amide bonds. The zero-order valence-corrected chi connectivity index (χ0v) is 15.2. The molecule has 1 fully saturated rings. The van der Waals surface area contributed by atoms with E-state index in [-0.39, 0.29) is 5.82 Å². The van der Waals surface area contributed by atoms with E-state index in [9.17, 15) is 26.7 Å². The predicted molar refractivity (Wildman–Crippen MR) is 92.8 cm³/mol. The number of piperidine rings is 1. The van der Waals surface area contributed by atoms with Crippen molar-refractivity contribution in [2.75, 3.05) is 19.6 Å². The van der Waals surface area contributed by atoms with Gasteiger partial charge in [-0.1, -0.05) is 12.1 Å². The van der Waals surface area contributed by atoms with Crippen molar-refractivity contribution in [2.45, 2.75) is 38.5 Å². The Kier molecular flexibility index (Phi) is 5.87. The number of rotatable bonds is 5. The lowest BCUT2D eigenvalue weighted by atomic mass is 9.95. The lowest BCUT2D eigenvalue weighted by Crippen LogP contribution is -2.43. The maximum atomic E-state index is 13.6. The molecule has 0 unspecified atom stereocenters. The van der Waals surface area contributed by atoms with Crippen molar-refractivity contribution in [3.05, 3.63) is 30.1 Å². The fourth-order valence-corrected chi connectivity index (χ4v) is 3.61. The largest absolute Gasteiger partial charge is 0.405 e. The third-order valence-electron chi connectivity index (χ3n) is 5.10. The molecule has 1 saturated heterocycles. The van der Waals surface area contributed by atoms with Gasteiger partial charge in [-0.25, -0.2) is 4.98 Å². The fourth-order valence-electron chi connectivity index (χ4n) is 3.61. The van der Waals surface area contributed by atoms with Gasteiger partial charge in [0.15, 0.2) is 0 Å². The van der Waals surface area contributed by atoms with Gasteiger partial charge in [-0.2, -0.15) is 22.0 Å². The van der Waals surface area contributed by atoms with Gasteiger partial charge in [-0.3, -0.25) is 14.3 Å². The Bertz CT molecular complexity index is 827. The standard InChI is InChI=1S/C18H21F5N4O/c1-11(15-25-13-4-2-3-5-14(13)27(15)17(19)20)26-8-6-12(7-9-26)16(28)24-10-18(21,22)23/h2-5,11-12,17H,6-10H2,1H3,(H,24,28)/t11-/m0/s1. The Morgan fingerprint density at radius 2 is 1.89 bits per heavy atom. The molecule has 1 aromatic heterocycles. The van der Waals surface area contributed by atoms with Crippen LogP contribution in [-0.2, 0) is 4.79 Å². The summed E-state index contributed by atoms with van der Waals surface area (Å²) < 4.78 is 64.9. The van der Waals surface area contributed by atoms with Gasteiger partial charge < -0.3 is 5.32 Å². The number of nitrogens with one attached hydrogen (secondary N) is 1. The molecule has 0 spiro atoms. The van der Waals surface area contributed by atoms with Gasteiger partial charge in [-0.15, -0.1) is 0 Å². The van der Waals surface area contributed by atoms with E-state index in [0.29, 0.717) is 37.0 Å². The van der Waals surface area contributed by atoms with Crippen LogP contribution in [0.2, 0.25) is 0 Å². The van der Waals surface area contributed by atoms with Gasteiger partial charge in [-0.05, 0) is 45.0 Å². The van der Waals surface area contributed by atoms with Gasteiger partial charge in [0.25, 0.3) is 0 Å². The highest BCUT2D eigenvalue weighted by Crippen LogP contribution is 2.31. The number of carbonyl (C=O) groups is 1. The van der Waals surface area contributed by atoms with E-state index in [1.807, 2.05) is 10.2 Å². The molecule has 0 bridgehead atoms. The van der Waals surface area contributed by atoms with E-state index >= 15 is 0 Å². The van der Waals surface area contributed by atoms with Crippen LogP contribution in [0.1, 0.15) is 38.2 Å². The number of nitrogens with zero attached hydrogens (tertiary/aromatic N) is 3. The van der Waals surface area contributed by atoms with Crippen LogP contribution in [0.25, 0.3) is 11.0 Å². The molecule has 28 heavy (non-hydrogen) atoms. The van der Waals surface area contributed by atoms with E-state index in [4.69, 9.17) is 0 Å². The Hall–Kier alpha value is -2.23. The molecule has 3 rings (SSSR count). The minimum atomic E-state index is -4.45. The smallest absolute Gasteiger partial charge is 0.347 e. The van der Waals surface area contributed by atoms with Crippen molar-refractivity contribution in [1.82, 2.24) is 19.8 Å². The highest BCUT2D eigenvalue weighted by Gasteiger charge is 2.33. The summed E-state index contributed by atoms with van der Waals surface area (Å²) in [6, 6.07) is 6.23. The maximum Gasteiger partial charge on any atom is 0.405 e. The monoisotopic (exact) mass is 404 g/mol. The number of halogens is 5. The summed E-state index contributed by atoms with van der Waals surface area (Å²) in [5.74, 6) is -0.902. The third-order valence-corrected chi connectivity index (χ3v) is 5.10. The molecule has 0 saturated carbocycles. The van der Waals surface area contributed by atoms with E-state index in [2.05, 4.69) is 4.98 Å². The summed E-state index contributed by atoms with van der Waals surface area (Å²) in [7, 11) is 0. The number of imidazole rings is 1. The summed E-state index contributed by atoms with van der Waals surface area (Å²) in [6.07, 6.45) is -3.72. The molecule has 1 aliphatic rings. The predicted octanol–water partition coefficient (Wildman–Crippen LogP) is 3.88. The summed E-state index contributed by atoms with van der Waals surface area (Å²) in [5, 5.41) is 1.91. The van der Waals surface area contributed by atoms with E-state index < -0.39 is 37.1 Å². The molecule has 5 nitrogen and oxygen atoms in total. The number of carbonyl (C=O) groups excluding carboxylic acids is 1. The van der Waals surface area contributed by atoms with Crippen molar-refractivity contribution in [1.29, 1.82) is 0 Å². The first-order valence-electron chi connectivity index (χ1n) is 9.01. The summed E-state index contributed by atoms with van der Waals surface area (Å²) in [6.45, 7) is -1.49. The highest BCUT2D eigenvalue weighted by atomic mass is 19.4. The Morgan fingerprint density at radius 3 is 2.50 bits per heavy atom. The van der Waals surface area contributed by atoms with Crippen LogP contribution in [0.4, 0.5) is 22.0 Å². The topological polar surface area (TPSA) is 50.2 Å². The van der Waals surface area contributed by atoms with Crippen LogP contribution >= 0.6 is 0 Å². The van der Waals surface area contributed by atoms with E-state index in [1.165, 1.54) is 0 Å². The second-order valence-electron chi connectivity index (χ2n) is 6.93. The highest BCUT2D eigenvalue weighted by molar-refractivity contribution is 5.78. The maximum absolute atomic E-state index is 13.6. The number of likely N-dealkylation sites (tertiary alicyclic amines) is 1. The zero-order chi connectivity index (χ0) is 20.5. The molecule has 154 valence electrons. The minimum Gasteiger partial charge on any atom is -0.347 e. The Labute approximate surface area is 158 Å². The Morgan fingerprint density at radius 1 is 1.25 bits per heavy atom.